The quantitative estimate of drug-likeness (QED) is 0.623. The van der Waals surface area contributed by atoms with Crippen molar-refractivity contribution in [3.05, 3.63) is 47.6 Å². The van der Waals surface area contributed by atoms with Crippen molar-refractivity contribution in [1.82, 2.24) is 0 Å². The van der Waals surface area contributed by atoms with Gasteiger partial charge >= 0.3 is 0 Å². The minimum absolute atomic E-state index is 0.692. The normalized spacial score (nSPS) is 22.3. The van der Waals surface area contributed by atoms with Crippen LogP contribution in [0.3, 0.4) is 0 Å². The molecule has 2 rings (SSSR count). The molecule has 0 bridgehead atoms. The van der Waals surface area contributed by atoms with Gasteiger partial charge in [0.2, 0.25) is 0 Å². The molecule has 0 aromatic carbocycles. The van der Waals surface area contributed by atoms with E-state index in [1.807, 2.05) is 0 Å². The number of hydrogen-bond acceptors (Lipinski definition) is 0. The highest BCUT2D eigenvalue weighted by molar-refractivity contribution is 5.32. The van der Waals surface area contributed by atoms with Gasteiger partial charge in [-0.05, 0) is 38.5 Å². The summed E-state index contributed by atoms with van der Waals surface area (Å²) in [6, 6.07) is 0. The lowest BCUT2D eigenvalue weighted by Gasteiger charge is -2.21. The average Bonchev–Trinajstić information content (AvgIpc) is 2.75. The lowest BCUT2D eigenvalue weighted by atomic mass is 9.84. The summed E-state index contributed by atoms with van der Waals surface area (Å²) in [5.74, 6) is 0.692. The third kappa shape index (κ3) is 2.75. The summed E-state index contributed by atoms with van der Waals surface area (Å²) >= 11 is 0. The Hall–Kier alpha value is -1.04. The van der Waals surface area contributed by atoms with Crippen molar-refractivity contribution in [2.45, 2.75) is 45.4 Å². The van der Waals surface area contributed by atoms with Crippen molar-refractivity contribution in [3.63, 3.8) is 0 Å². The maximum atomic E-state index is 2.37. The van der Waals surface area contributed by atoms with Crippen LogP contribution in [0.25, 0.3) is 0 Å². The van der Waals surface area contributed by atoms with Gasteiger partial charge in [0.05, 0.1) is 0 Å². The lowest BCUT2D eigenvalue weighted by molar-refractivity contribution is 0.612. The van der Waals surface area contributed by atoms with Crippen LogP contribution in [0.4, 0.5) is 0 Å². The number of rotatable bonds is 3. The maximum absolute atomic E-state index is 2.37. The predicted octanol–water partition coefficient (Wildman–Crippen LogP) is 4.96. The van der Waals surface area contributed by atoms with Gasteiger partial charge in [0, 0.05) is 5.92 Å². The van der Waals surface area contributed by atoms with Crippen LogP contribution in [0.2, 0.25) is 0 Å². The van der Waals surface area contributed by atoms with Gasteiger partial charge in [-0.2, -0.15) is 0 Å². The van der Waals surface area contributed by atoms with Gasteiger partial charge in [0.25, 0.3) is 0 Å². The first kappa shape index (κ1) is 11.4. The maximum Gasteiger partial charge on any atom is 0.00137 e. The van der Waals surface area contributed by atoms with Gasteiger partial charge in [-0.1, -0.05) is 54.5 Å². The monoisotopic (exact) mass is 214 g/mol. The first-order chi connectivity index (χ1) is 7.92. The minimum atomic E-state index is 0.692. The van der Waals surface area contributed by atoms with E-state index in [2.05, 4.69) is 43.4 Å². The smallest absolute Gasteiger partial charge is 0.00137 e. The molecular weight excluding hydrogens is 192 g/mol. The molecule has 16 heavy (non-hydrogen) atoms. The zero-order valence-electron chi connectivity index (χ0n) is 10.3. The second-order valence-corrected chi connectivity index (χ2v) is 4.75. The Morgan fingerprint density at radius 3 is 2.62 bits per heavy atom. The molecule has 0 aliphatic heterocycles. The average molecular weight is 214 g/mol. The third-order valence-electron chi connectivity index (χ3n) is 3.64. The largest absolute Gasteiger partial charge is 0.0845 e. The number of allylic oxidation sites excluding steroid dienone is 8. The van der Waals surface area contributed by atoms with Crippen LogP contribution >= 0.6 is 0 Å². The molecule has 0 fully saturated rings. The fourth-order valence-corrected chi connectivity index (χ4v) is 2.74. The Balaban J connectivity index is 2.12. The number of hydrogen-bond donors (Lipinski definition) is 0. The molecule has 0 aromatic rings. The lowest BCUT2D eigenvalue weighted by Crippen LogP contribution is -2.06. The fourth-order valence-electron chi connectivity index (χ4n) is 2.74. The topological polar surface area (TPSA) is 0 Å². The van der Waals surface area contributed by atoms with Gasteiger partial charge in [-0.15, -0.1) is 0 Å². The Kier molecular flexibility index (Phi) is 4.21. The van der Waals surface area contributed by atoms with E-state index < -0.39 is 0 Å². The summed E-state index contributed by atoms with van der Waals surface area (Å²) in [6.07, 6.45) is 21.4. The molecule has 0 saturated carbocycles. The van der Waals surface area contributed by atoms with E-state index in [-0.39, 0.29) is 0 Å². The summed E-state index contributed by atoms with van der Waals surface area (Å²) in [4.78, 5) is 0. The van der Waals surface area contributed by atoms with Gasteiger partial charge < -0.3 is 0 Å². The zero-order valence-corrected chi connectivity index (χ0v) is 10.3. The molecule has 0 aromatic heterocycles. The molecule has 0 heteroatoms. The summed E-state index contributed by atoms with van der Waals surface area (Å²) in [5, 5.41) is 0. The minimum Gasteiger partial charge on any atom is -0.0845 e. The molecule has 0 heterocycles. The van der Waals surface area contributed by atoms with Crippen molar-refractivity contribution >= 4 is 0 Å². The first-order valence-electron chi connectivity index (χ1n) is 6.63. The van der Waals surface area contributed by atoms with Gasteiger partial charge in [-0.25, -0.2) is 0 Å². The van der Waals surface area contributed by atoms with Crippen LogP contribution in [0.5, 0.6) is 0 Å². The van der Waals surface area contributed by atoms with E-state index in [1.165, 1.54) is 38.5 Å². The van der Waals surface area contributed by atoms with Gasteiger partial charge in [0.15, 0.2) is 0 Å². The molecule has 86 valence electrons. The standard InChI is InChI=1S/C16H22/c1-2-16(15-12-8-9-13-15)14-10-6-4-3-5-7-11-14/h4,6,8-10,12,16H,2-3,5,7,11,13H2,1H3. The van der Waals surface area contributed by atoms with Crippen LogP contribution in [0, 0.1) is 5.92 Å². The Morgan fingerprint density at radius 2 is 1.88 bits per heavy atom. The van der Waals surface area contributed by atoms with Gasteiger partial charge in [0.1, 0.15) is 0 Å². The highest BCUT2D eigenvalue weighted by Gasteiger charge is 2.17. The van der Waals surface area contributed by atoms with Crippen molar-refractivity contribution in [1.29, 1.82) is 0 Å². The zero-order chi connectivity index (χ0) is 11.2. The van der Waals surface area contributed by atoms with Crippen LogP contribution < -0.4 is 0 Å². The summed E-state index contributed by atoms with van der Waals surface area (Å²) in [5.41, 5.74) is 3.26. The molecule has 0 radical (unpaired) electrons. The summed E-state index contributed by atoms with van der Waals surface area (Å²) in [7, 11) is 0. The highest BCUT2D eigenvalue weighted by Crippen LogP contribution is 2.32. The van der Waals surface area contributed by atoms with Crippen molar-refractivity contribution in [3.8, 4) is 0 Å². The van der Waals surface area contributed by atoms with Crippen molar-refractivity contribution < 1.29 is 0 Å². The van der Waals surface area contributed by atoms with Crippen LogP contribution in [-0.4, -0.2) is 0 Å². The van der Waals surface area contributed by atoms with E-state index in [1.54, 1.807) is 11.1 Å². The van der Waals surface area contributed by atoms with Crippen LogP contribution in [0.1, 0.15) is 45.4 Å². The SMILES string of the molecule is CCC(C1=CC=CC1)C1=CC=CCCCC1. The molecular formula is C16H22. The highest BCUT2D eigenvalue weighted by atomic mass is 14.2. The van der Waals surface area contributed by atoms with Gasteiger partial charge in [-0.3, -0.25) is 0 Å². The molecule has 2 aliphatic rings. The molecule has 1 unspecified atom stereocenters. The second-order valence-electron chi connectivity index (χ2n) is 4.75. The Labute approximate surface area is 99.4 Å². The van der Waals surface area contributed by atoms with E-state index in [4.69, 9.17) is 0 Å². The third-order valence-corrected chi connectivity index (χ3v) is 3.64. The Bertz CT molecular complexity index is 339. The van der Waals surface area contributed by atoms with Crippen molar-refractivity contribution in [2.24, 2.45) is 5.92 Å². The fraction of sp³-hybridized carbons (Fsp3) is 0.500. The van der Waals surface area contributed by atoms with Crippen LogP contribution in [0.15, 0.2) is 47.6 Å². The second kappa shape index (κ2) is 5.89. The summed E-state index contributed by atoms with van der Waals surface area (Å²) < 4.78 is 0. The summed E-state index contributed by atoms with van der Waals surface area (Å²) in [6.45, 7) is 2.31. The molecule has 0 N–H and O–H groups in total. The van der Waals surface area contributed by atoms with E-state index >= 15 is 0 Å². The molecule has 1 atom stereocenters. The molecule has 0 saturated heterocycles. The molecule has 0 amide bonds. The molecule has 2 aliphatic carbocycles. The molecule has 0 nitrogen and oxygen atoms in total. The van der Waals surface area contributed by atoms with E-state index in [0.29, 0.717) is 5.92 Å². The van der Waals surface area contributed by atoms with E-state index in [9.17, 15) is 0 Å². The van der Waals surface area contributed by atoms with E-state index in [0.717, 1.165) is 0 Å². The van der Waals surface area contributed by atoms with Crippen molar-refractivity contribution in [2.75, 3.05) is 0 Å². The Morgan fingerprint density at radius 1 is 1.06 bits per heavy atom. The molecule has 0 spiro atoms. The van der Waals surface area contributed by atoms with Crippen LogP contribution in [-0.2, 0) is 0 Å². The predicted molar refractivity (Wildman–Crippen MR) is 71.3 cm³/mol. The first-order valence-corrected chi connectivity index (χ1v) is 6.63.